The van der Waals surface area contributed by atoms with Gasteiger partial charge in [-0.3, -0.25) is 13.9 Å². The molecule has 2 unspecified atom stereocenters. The van der Waals surface area contributed by atoms with E-state index in [1.807, 2.05) is 0 Å². The lowest BCUT2D eigenvalue weighted by Gasteiger charge is -2.28. The van der Waals surface area contributed by atoms with Crippen LogP contribution in [0.25, 0.3) is 0 Å². The number of hydrogen-bond donors (Lipinski definition) is 2. The summed E-state index contributed by atoms with van der Waals surface area (Å²) in [5.41, 5.74) is 0.0171. The fourth-order valence-electron chi connectivity index (χ4n) is 2.53. The minimum absolute atomic E-state index is 0.0490. The van der Waals surface area contributed by atoms with Gasteiger partial charge in [0, 0.05) is 38.4 Å². The van der Waals surface area contributed by atoms with Gasteiger partial charge in [-0.1, -0.05) is 12.8 Å². The highest BCUT2D eigenvalue weighted by molar-refractivity contribution is 5.02. The normalized spacial score (nSPS) is 23.5. The molecule has 0 saturated heterocycles. The van der Waals surface area contributed by atoms with E-state index in [1.54, 1.807) is 7.05 Å². The maximum atomic E-state index is 11.8. The number of aliphatic hydroxyl groups excluding tert-OH is 1. The Morgan fingerprint density at radius 2 is 1.95 bits per heavy atom. The average Bonchev–Trinajstić information content (AvgIpc) is 2.40. The summed E-state index contributed by atoms with van der Waals surface area (Å²) in [6.45, 7) is 0.420. The van der Waals surface area contributed by atoms with E-state index in [1.165, 1.54) is 17.7 Å². The molecule has 0 bridgehead atoms. The summed E-state index contributed by atoms with van der Waals surface area (Å²) in [7, 11) is 3.11. The van der Waals surface area contributed by atoms with Crippen molar-refractivity contribution in [1.82, 2.24) is 14.5 Å². The van der Waals surface area contributed by atoms with Gasteiger partial charge in [0.05, 0.1) is 6.10 Å². The molecule has 1 aromatic heterocycles. The van der Waals surface area contributed by atoms with Gasteiger partial charge in [0.2, 0.25) is 0 Å². The van der Waals surface area contributed by atoms with Crippen LogP contribution in [0.4, 0.5) is 0 Å². The third-order valence-electron chi connectivity index (χ3n) is 3.90. The lowest BCUT2D eigenvalue weighted by molar-refractivity contribution is 0.0899. The van der Waals surface area contributed by atoms with E-state index in [4.69, 9.17) is 0 Å². The third-order valence-corrected chi connectivity index (χ3v) is 3.90. The quantitative estimate of drug-likeness (QED) is 0.772. The summed E-state index contributed by atoms with van der Waals surface area (Å²) in [6, 6.07) is 1.51. The molecule has 1 saturated carbocycles. The first kappa shape index (κ1) is 14.0. The minimum atomic E-state index is -0.336. The van der Waals surface area contributed by atoms with E-state index in [0.717, 1.165) is 30.3 Å². The van der Waals surface area contributed by atoms with Crippen molar-refractivity contribution in [3.63, 3.8) is 0 Å². The van der Waals surface area contributed by atoms with Crippen molar-refractivity contribution in [1.29, 1.82) is 0 Å². The Labute approximate surface area is 111 Å². The Hall–Kier alpha value is -1.40. The predicted octanol–water partition coefficient (Wildman–Crippen LogP) is -0.523. The molecule has 1 heterocycles. The molecule has 1 aliphatic carbocycles. The lowest BCUT2D eigenvalue weighted by atomic mass is 9.92. The molecule has 1 aromatic rings. The molecule has 0 aliphatic heterocycles. The van der Waals surface area contributed by atoms with Crippen LogP contribution in [0.2, 0.25) is 0 Å². The highest BCUT2D eigenvalue weighted by Gasteiger charge is 2.22. The smallest absolute Gasteiger partial charge is 0.330 e. The molecule has 2 N–H and O–H groups in total. The van der Waals surface area contributed by atoms with Crippen LogP contribution in [0.15, 0.2) is 15.7 Å². The van der Waals surface area contributed by atoms with Crippen molar-refractivity contribution in [2.45, 2.75) is 44.4 Å². The Morgan fingerprint density at radius 1 is 1.26 bits per heavy atom. The van der Waals surface area contributed by atoms with E-state index in [-0.39, 0.29) is 23.4 Å². The maximum absolute atomic E-state index is 11.8. The van der Waals surface area contributed by atoms with Crippen LogP contribution in [-0.2, 0) is 20.6 Å². The van der Waals surface area contributed by atoms with Crippen molar-refractivity contribution in [2.75, 3.05) is 0 Å². The summed E-state index contributed by atoms with van der Waals surface area (Å²) < 4.78 is 2.54. The highest BCUT2D eigenvalue weighted by atomic mass is 16.3. The molecule has 0 aromatic carbocycles. The van der Waals surface area contributed by atoms with E-state index in [0.29, 0.717) is 12.2 Å². The first-order chi connectivity index (χ1) is 9.00. The lowest BCUT2D eigenvalue weighted by Crippen LogP contribution is -2.44. The van der Waals surface area contributed by atoms with Gasteiger partial charge < -0.3 is 10.4 Å². The molecule has 2 rings (SSSR count). The molecule has 6 nitrogen and oxygen atoms in total. The van der Waals surface area contributed by atoms with Crippen LogP contribution in [0.3, 0.4) is 0 Å². The number of rotatable bonds is 3. The number of nitrogens with one attached hydrogen (secondary N) is 1. The summed E-state index contributed by atoms with van der Waals surface area (Å²) in [6.07, 6.45) is 3.57. The van der Waals surface area contributed by atoms with Crippen LogP contribution < -0.4 is 16.6 Å². The first-order valence-electron chi connectivity index (χ1n) is 6.68. The standard InChI is InChI=1S/C13H21N3O3/c1-15-9(7-12(18)16(2)13(15)19)8-14-10-5-3-4-6-11(10)17/h7,10-11,14,17H,3-6,8H2,1-2H3. The van der Waals surface area contributed by atoms with E-state index < -0.39 is 0 Å². The van der Waals surface area contributed by atoms with Gasteiger partial charge in [-0.2, -0.15) is 0 Å². The van der Waals surface area contributed by atoms with Crippen molar-refractivity contribution in [3.8, 4) is 0 Å². The summed E-state index contributed by atoms with van der Waals surface area (Å²) in [5.74, 6) is 0. The van der Waals surface area contributed by atoms with Gasteiger partial charge >= 0.3 is 5.69 Å². The Morgan fingerprint density at radius 3 is 2.63 bits per heavy atom. The molecular formula is C13H21N3O3. The van der Waals surface area contributed by atoms with E-state index >= 15 is 0 Å². The zero-order valence-corrected chi connectivity index (χ0v) is 11.4. The molecule has 6 heteroatoms. The molecule has 0 spiro atoms. The molecule has 1 fully saturated rings. The second-order valence-electron chi connectivity index (χ2n) is 5.21. The Kier molecular flexibility index (Phi) is 4.21. The highest BCUT2D eigenvalue weighted by Crippen LogP contribution is 2.18. The monoisotopic (exact) mass is 267 g/mol. The van der Waals surface area contributed by atoms with Crippen molar-refractivity contribution in [3.05, 3.63) is 32.6 Å². The Bertz CT molecular complexity index is 561. The number of hydrogen-bond acceptors (Lipinski definition) is 4. The largest absolute Gasteiger partial charge is 0.392 e. The second-order valence-corrected chi connectivity index (χ2v) is 5.21. The summed E-state index contributed by atoms with van der Waals surface area (Å²) in [5, 5.41) is 13.1. The van der Waals surface area contributed by atoms with Gasteiger partial charge in [-0.25, -0.2) is 4.79 Å². The Balaban J connectivity index is 2.12. The topological polar surface area (TPSA) is 76.3 Å². The van der Waals surface area contributed by atoms with Crippen LogP contribution in [0.1, 0.15) is 31.4 Å². The second kappa shape index (κ2) is 5.71. The molecule has 19 heavy (non-hydrogen) atoms. The summed E-state index contributed by atoms with van der Waals surface area (Å²) in [4.78, 5) is 23.4. The molecule has 0 radical (unpaired) electrons. The zero-order valence-electron chi connectivity index (χ0n) is 11.4. The third kappa shape index (κ3) is 2.96. The average molecular weight is 267 g/mol. The minimum Gasteiger partial charge on any atom is -0.392 e. The molecule has 106 valence electrons. The van der Waals surface area contributed by atoms with E-state index in [9.17, 15) is 14.7 Å². The zero-order chi connectivity index (χ0) is 14.0. The first-order valence-corrected chi connectivity index (χ1v) is 6.68. The van der Waals surface area contributed by atoms with Gasteiger partial charge in [0.25, 0.3) is 5.56 Å². The fraction of sp³-hybridized carbons (Fsp3) is 0.692. The number of aliphatic hydroxyl groups is 1. The molecular weight excluding hydrogens is 246 g/mol. The molecule has 0 amide bonds. The van der Waals surface area contributed by atoms with Gasteiger partial charge in [-0.05, 0) is 12.8 Å². The van der Waals surface area contributed by atoms with Crippen molar-refractivity contribution >= 4 is 0 Å². The SMILES string of the molecule is Cn1c(CNC2CCCCC2O)cc(=O)n(C)c1=O. The predicted molar refractivity (Wildman–Crippen MR) is 72.0 cm³/mol. The summed E-state index contributed by atoms with van der Waals surface area (Å²) >= 11 is 0. The van der Waals surface area contributed by atoms with Crippen molar-refractivity contribution in [2.24, 2.45) is 14.1 Å². The van der Waals surface area contributed by atoms with Crippen LogP contribution in [0, 0.1) is 0 Å². The van der Waals surface area contributed by atoms with Gasteiger partial charge in [0.1, 0.15) is 0 Å². The van der Waals surface area contributed by atoms with Crippen molar-refractivity contribution < 1.29 is 5.11 Å². The molecule has 1 aliphatic rings. The van der Waals surface area contributed by atoms with Crippen LogP contribution in [0.5, 0.6) is 0 Å². The molecule has 2 atom stereocenters. The van der Waals surface area contributed by atoms with E-state index in [2.05, 4.69) is 5.32 Å². The maximum Gasteiger partial charge on any atom is 0.330 e. The fourth-order valence-corrected chi connectivity index (χ4v) is 2.53. The van der Waals surface area contributed by atoms with Crippen LogP contribution >= 0.6 is 0 Å². The van der Waals surface area contributed by atoms with Gasteiger partial charge in [-0.15, -0.1) is 0 Å². The number of nitrogens with zero attached hydrogens (tertiary/aromatic N) is 2. The van der Waals surface area contributed by atoms with Crippen LogP contribution in [-0.4, -0.2) is 26.4 Å². The van der Waals surface area contributed by atoms with Gasteiger partial charge in [0.15, 0.2) is 0 Å². The number of aromatic nitrogens is 2.